The summed E-state index contributed by atoms with van der Waals surface area (Å²) in [4.78, 5) is 12.5. The van der Waals surface area contributed by atoms with Gasteiger partial charge in [-0.2, -0.15) is 13.2 Å². The first-order valence-corrected chi connectivity index (χ1v) is 9.73. The molecule has 9 heteroatoms. The molecule has 0 bridgehead atoms. The Bertz CT molecular complexity index is 1210. The summed E-state index contributed by atoms with van der Waals surface area (Å²) in [5, 5.41) is 4.88. The van der Waals surface area contributed by atoms with Gasteiger partial charge in [0.25, 0.3) is 5.91 Å². The van der Waals surface area contributed by atoms with Crippen molar-refractivity contribution in [2.75, 3.05) is 5.32 Å². The number of nitrogens with one attached hydrogen (secondary N) is 3. The standard InChI is InChI=1S/C22H17F3N4OS/c23-22(24,25)14-9-11-15(12-10-14)26-21(31)28-27-20(30)13-29-18-7-3-1-5-16(18)17-6-2-4-8-19(17)29/h1-12H,13H2,(H,27,30)(H2,26,28,31). The first kappa shape index (κ1) is 20.7. The molecule has 0 unspecified atom stereocenters. The quantitative estimate of drug-likeness (QED) is 0.314. The van der Waals surface area contributed by atoms with E-state index in [0.29, 0.717) is 5.69 Å². The van der Waals surface area contributed by atoms with E-state index in [0.717, 1.165) is 33.9 Å². The lowest BCUT2D eigenvalue weighted by Crippen LogP contribution is -2.45. The number of aromatic nitrogens is 1. The van der Waals surface area contributed by atoms with Crippen molar-refractivity contribution in [3.8, 4) is 0 Å². The van der Waals surface area contributed by atoms with Crippen LogP contribution in [0.25, 0.3) is 21.8 Å². The van der Waals surface area contributed by atoms with E-state index in [4.69, 9.17) is 12.2 Å². The molecule has 0 atom stereocenters. The smallest absolute Gasteiger partial charge is 0.331 e. The number of halogens is 3. The molecule has 0 aliphatic carbocycles. The number of hydrazine groups is 1. The van der Waals surface area contributed by atoms with Crippen molar-refractivity contribution < 1.29 is 18.0 Å². The van der Waals surface area contributed by atoms with Gasteiger partial charge in [0.15, 0.2) is 5.11 Å². The van der Waals surface area contributed by atoms with Crippen molar-refractivity contribution in [2.24, 2.45) is 0 Å². The molecular formula is C22H17F3N4OS. The molecule has 1 amide bonds. The van der Waals surface area contributed by atoms with Gasteiger partial charge in [-0.3, -0.25) is 15.6 Å². The molecule has 3 aromatic carbocycles. The summed E-state index contributed by atoms with van der Waals surface area (Å²) in [7, 11) is 0. The number of rotatable bonds is 3. The average molecular weight is 442 g/mol. The molecule has 0 saturated heterocycles. The number of benzene rings is 3. The minimum atomic E-state index is -4.40. The van der Waals surface area contributed by atoms with Crippen molar-refractivity contribution in [2.45, 2.75) is 12.7 Å². The number of thiocarbonyl (C=S) groups is 1. The number of alkyl halides is 3. The average Bonchev–Trinajstić information content (AvgIpc) is 3.06. The second-order valence-electron chi connectivity index (χ2n) is 6.82. The molecule has 3 N–H and O–H groups in total. The van der Waals surface area contributed by atoms with E-state index in [1.165, 1.54) is 12.1 Å². The molecule has 0 spiro atoms. The Morgan fingerprint density at radius 1 is 0.839 bits per heavy atom. The van der Waals surface area contributed by atoms with Gasteiger partial charge in [-0.25, -0.2) is 0 Å². The van der Waals surface area contributed by atoms with Gasteiger partial charge in [0, 0.05) is 27.5 Å². The van der Waals surface area contributed by atoms with Gasteiger partial charge in [0.1, 0.15) is 6.54 Å². The van der Waals surface area contributed by atoms with Crippen LogP contribution < -0.4 is 16.2 Å². The summed E-state index contributed by atoms with van der Waals surface area (Å²) in [6.07, 6.45) is -4.40. The molecule has 0 fully saturated rings. The molecule has 4 aromatic rings. The second kappa shape index (κ2) is 8.27. The highest BCUT2D eigenvalue weighted by Gasteiger charge is 2.29. The van der Waals surface area contributed by atoms with E-state index in [2.05, 4.69) is 16.2 Å². The van der Waals surface area contributed by atoms with Crippen molar-refractivity contribution in [1.29, 1.82) is 0 Å². The Kier molecular flexibility index (Phi) is 5.51. The maximum absolute atomic E-state index is 12.6. The first-order valence-electron chi connectivity index (χ1n) is 9.32. The molecule has 1 aromatic heterocycles. The number of fused-ring (bicyclic) bond motifs is 3. The first-order chi connectivity index (χ1) is 14.8. The predicted molar refractivity (Wildman–Crippen MR) is 118 cm³/mol. The number of amides is 1. The van der Waals surface area contributed by atoms with Crippen molar-refractivity contribution in [3.63, 3.8) is 0 Å². The molecule has 158 valence electrons. The third-order valence-electron chi connectivity index (χ3n) is 4.77. The molecule has 0 aliphatic rings. The maximum atomic E-state index is 12.6. The highest BCUT2D eigenvalue weighted by atomic mass is 32.1. The fraction of sp³-hybridized carbons (Fsp3) is 0.0909. The van der Waals surface area contributed by atoms with Gasteiger partial charge in [0.05, 0.1) is 5.56 Å². The molecule has 1 heterocycles. The normalized spacial score (nSPS) is 11.5. The summed E-state index contributed by atoms with van der Waals surface area (Å²) in [6, 6.07) is 20.1. The van der Waals surface area contributed by atoms with E-state index in [1.54, 1.807) is 0 Å². The monoisotopic (exact) mass is 442 g/mol. The van der Waals surface area contributed by atoms with Crippen LogP contribution in [0.3, 0.4) is 0 Å². The molecule has 5 nitrogen and oxygen atoms in total. The Hall–Kier alpha value is -3.59. The summed E-state index contributed by atoms with van der Waals surface area (Å²) in [5.41, 5.74) is 6.56. The van der Waals surface area contributed by atoms with Crippen molar-refractivity contribution in [1.82, 2.24) is 15.4 Å². The van der Waals surface area contributed by atoms with Gasteiger partial charge < -0.3 is 9.88 Å². The maximum Gasteiger partial charge on any atom is 0.416 e. The van der Waals surface area contributed by atoms with Crippen LogP contribution >= 0.6 is 12.2 Å². The molecular weight excluding hydrogens is 425 g/mol. The number of hydrogen-bond acceptors (Lipinski definition) is 2. The second-order valence-corrected chi connectivity index (χ2v) is 7.23. The van der Waals surface area contributed by atoms with Crippen LogP contribution in [0.4, 0.5) is 18.9 Å². The molecule has 31 heavy (non-hydrogen) atoms. The number of para-hydroxylation sites is 2. The summed E-state index contributed by atoms with van der Waals surface area (Å²) in [5.74, 6) is -0.330. The minimum absolute atomic E-state index is 0.0512. The fourth-order valence-electron chi connectivity index (χ4n) is 3.39. The number of carbonyl (C=O) groups is 1. The highest BCUT2D eigenvalue weighted by Crippen LogP contribution is 2.30. The minimum Gasteiger partial charge on any atom is -0.331 e. The van der Waals surface area contributed by atoms with Crippen LogP contribution in [-0.2, 0) is 17.5 Å². The van der Waals surface area contributed by atoms with Crippen LogP contribution in [0.15, 0.2) is 72.8 Å². The van der Waals surface area contributed by atoms with Crippen molar-refractivity contribution in [3.05, 3.63) is 78.4 Å². The zero-order valence-corrected chi connectivity index (χ0v) is 16.8. The number of carbonyl (C=O) groups excluding carboxylic acids is 1. The largest absolute Gasteiger partial charge is 0.416 e. The van der Waals surface area contributed by atoms with Gasteiger partial charge in [-0.15, -0.1) is 0 Å². The molecule has 0 saturated carbocycles. The Morgan fingerprint density at radius 3 is 1.94 bits per heavy atom. The number of hydrogen-bond donors (Lipinski definition) is 3. The van der Waals surface area contributed by atoms with E-state index >= 15 is 0 Å². The Morgan fingerprint density at radius 2 is 1.39 bits per heavy atom. The number of nitrogens with zero attached hydrogens (tertiary/aromatic N) is 1. The van der Waals surface area contributed by atoms with Gasteiger partial charge in [-0.1, -0.05) is 36.4 Å². The van der Waals surface area contributed by atoms with Gasteiger partial charge in [0.2, 0.25) is 0 Å². The van der Waals surface area contributed by atoms with Gasteiger partial charge in [-0.05, 0) is 48.6 Å². The van der Waals surface area contributed by atoms with E-state index in [1.807, 2.05) is 53.1 Å². The summed E-state index contributed by atoms with van der Waals surface area (Å²) >= 11 is 5.10. The van der Waals surface area contributed by atoms with E-state index < -0.39 is 11.7 Å². The molecule has 4 rings (SSSR count). The topological polar surface area (TPSA) is 58.1 Å². The Balaban J connectivity index is 1.40. The fourth-order valence-corrected chi connectivity index (χ4v) is 3.56. The van der Waals surface area contributed by atoms with E-state index in [-0.39, 0.29) is 17.6 Å². The van der Waals surface area contributed by atoms with Crippen LogP contribution in [0.1, 0.15) is 5.56 Å². The summed E-state index contributed by atoms with van der Waals surface area (Å²) in [6.45, 7) is 0.0594. The lowest BCUT2D eigenvalue weighted by molar-refractivity contribution is -0.137. The summed E-state index contributed by atoms with van der Waals surface area (Å²) < 4.78 is 39.8. The third kappa shape index (κ3) is 4.46. The SMILES string of the molecule is O=C(Cn1c2ccccc2c2ccccc21)NNC(=S)Nc1ccc(C(F)(F)F)cc1. The third-order valence-corrected chi connectivity index (χ3v) is 4.97. The molecule has 0 radical (unpaired) electrons. The molecule has 0 aliphatic heterocycles. The Labute approximate surface area is 180 Å². The van der Waals surface area contributed by atoms with Gasteiger partial charge >= 0.3 is 6.18 Å². The predicted octanol–water partition coefficient (Wildman–Crippen LogP) is 4.83. The van der Waals surface area contributed by atoms with Crippen LogP contribution in [-0.4, -0.2) is 15.6 Å². The van der Waals surface area contributed by atoms with Crippen LogP contribution in [0.2, 0.25) is 0 Å². The lowest BCUT2D eigenvalue weighted by Gasteiger charge is -2.13. The zero-order valence-electron chi connectivity index (χ0n) is 16.0. The van der Waals surface area contributed by atoms with Crippen LogP contribution in [0.5, 0.6) is 0 Å². The van der Waals surface area contributed by atoms with Crippen molar-refractivity contribution >= 4 is 50.7 Å². The lowest BCUT2D eigenvalue weighted by atomic mass is 10.2. The van der Waals surface area contributed by atoms with E-state index in [9.17, 15) is 18.0 Å². The zero-order chi connectivity index (χ0) is 22.0. The number of anilines is 1. The van der Waals surface area contributed by atoms with Crippen LogP contribution in [0, 0.1) is 0 Å². The highest BCUT2D eigenvalue weighted by molar-refractivity contribution is 7.80.